The Hall–Kier alpha value is -3.46. The number of anilines is 1. The first-order chi connectivity index (χ1) is 14.3. The Kier molecular flexibility index (Phi) is 5.13. The lowest BCUT2D eigenvalue weighted by atomic mass is 9.95. The van der Waals surface area contributed by atoms with Crippen LogP contribution in [-0.4, -0.2) is 36.0 Å². The van der Waals surface area contributed by atoms with Gasteiger partial charge in [-0.3, -0.25) is 9.69 Å². The predicted molar refractivity (Wildman–Crippen MR) is 102 cm³/mol. The van der Waals surface area contributed by atoms with Gasteiger partial charge in [0.15, 0.2) is 11.6 Å². The van der Waals surface area contributed by atoms with Crippen molar-refractivity contribution in [1.29, 1.82) is 0 Å². The molecule has 0 saturated heterocycles. The number of ether oxygens (including phenoxy) is 1. The maximum atomic E-state index is 13.3. The summed E-state index contributed by atoms with van der Waals surface area (Å²) in [6.07, 6.45) is 0. The van der Waals surface area contributed by atoms with Crippen molar-refractivity contribution in [2.45, 2.75) is 6.04 Å². The Morgan fingerprint density at radius 1 is 1.20 bits per heavy atom. The second-order valence-corrected chi connectivity index (χ2v) is 7.01. The van der Waals surface area contributed by atoms with Gasteiger partial charge >= 0.3 is 12.0 Å². The van der Waals surface area contributed by atoms with E-state index in [1.54, 1.807) is 24.3 Å². The second kappa shape index (κ2) is 7.75. The highest BCUT2D eigenvalue weighted by Crippen LogP contribution is 2.37. The zero-order valence-corrected chi connectivity index (χ0v) is 16.0. The molecule has 1 unspecified atom stereocenters. The van der Waals surface area contributed by atoms with Crippen molar-refractivity contribution in [2.24, 2.45) is 0 Å². The minimum atomic E-state index is -1.12. The van der Waals surface area contributed by atoms with Crippen molar-refractivity contribution in [3.8, 4) is 0 Å². The smallest absolute Gasteiger partial charge is 0.338 e. The highest BCUT2D eigenvalue weighted by atomic mass is 35.5. The molecule has 7 nitrogen and oxygen atoms in total. The largest absolute Gasteiger partial charge is 0.456 e. The monoisotopic (exact) mass is 433 g/mol. The molecule has 2 N–H and O–H groups in total. The van der Waals surface area contributed by atoms with Crippen molar-refractivity contribution in [3.05, 3.63) is 76.0 Å². The van der Waals surface area contributed by atoms with E-state index in [-0.39, 0.29) is 23.6 Å². The maximum absolute atomic E-state index is 13.3. The third-order valence-corrected chi connectivity index (χ3v) is 5.06. The van der Waals surface area contributed by atoms with Crippen molar-refractivity contribution >= 4 is 35.2 Å². The average Bonchev–Trinajstić information content (AvgIpc) is 3.09. The molecule has 0 radical (unpaired) electrons. The number of cyclic esters (lactones) is 1. The van der Waals surface area contributed by atoms with E-state index in [1.165, 1.54) is 6.07 Å². The molecular weight excluding hydrogens is 420 g/mol. The van der Waals surface area contributed by atoms with Gasteiger partial charge in [-0.15, -0.1) is 0 Å². The summed E-state index contributed by atoms with van der Waals surface area (Å²) >= 11 is 6.22. The van der Waals surface area contributed by atoms with Crippen molar-refractivity contribution in [1.82, 2.24) is 10.2 Å². The number of nitrogens with zero attached hydrogens (tertiary/aromatic N) is 1. The summed E-state index contributed by atoms with van der Waals surface area (Å²) in [5.41, 5.74) is 0.973. The summed E-state index contributed by atoms with van der Waals surface area (Å²) in [5, 5.41) is 5.41. The van der Waals surface area contributed by atoms with E-state index in [9.17, 15) is 23.2 Å². The molecule has 4 rings (SSSR count). The molecule has 0 aliphatic carbocycles. The number of rotatable bonds is 4. The topological polar surface area (TPSA) is 87.7 Å². The zero-order chi connectivity index (χ0) is 21.4. The number of carbonyl (C=O) groups excluding carboxylic acids is 3. The van der Waals surface area contributed by atoms with E-state index < -0.39 is 42.1 Å². The summed E-state index contributed by atoms with van der Waals surface area (Å²) in [7, 11) is 0. The van der Waals surface area contributed by atoms with Crippen LogP contribution in [0.25, 0.3) is 0 Å². The fourth-order valence-electron chi connectivity index (χ4n) is 3.34. The molecular formula is C20H14ClF2N3O4. The fourth-order valence-corrected chi connectivity index (χ4v) is 3.58. The maximum Gasteiger partial charge on any atom is 0.338 e. The Balaban J connectivity index is 1.60. The van der Waals surface area contributed by atoms with Gasteiger partial charge < -0.3 is 15.4 Å². The van der Waals surface area contributed by atoms with Crippen molar-refractivity contribution in [3.63, 3.8) is 0 Å². The van der Waals surface area contributed by atoms with Gasteiger partial charge in [0.1, 0.15) is 13.2 Å². The van der Waals surface area contributed by atoms with Crippen LogP contribution in [0, 0.1) is 11.6 Å². The summed E-state index contributed by atoms with van der Waals surface area (Å²) in [5.74, 6) is -3.46. The standard InChI is InChI=1S/C20H14ClF2N3O4/c21-12-4-2-1-3-11(12)18-17-15(9-30-19(17)28)26(20(29)25-18)8-16(27)24-10-5-6-13(22)14(23)7-10/h1-7,18H,8-9H2,(H,24,27)(H,25,29). The Bertz CT molecular complexity index is 1110. The lowest BCUT2D eigenvalue weighted by molar-refractivity contribution is -0.136. The number of amides is 3. The molecule has 0 aromatic heterocycles. The second-order valence-electron chi connectivity index (χ2n) is 6.60. The Morgan fingerprint density at radius 2 is 1.97 bits per heavy atom. The van der Waals surface area contributed by atoms with Crippen LogP contribution in [-0.2, 0) is 14.3 Å². The first kappa shape index (κ1) is 19.8. The summed E-state index contributed by atoms with van der Waals surface area (Å²) < 4.78 is 31.5. The van der Waals surface area contributed by atoms with Crippen LogP contribution in [0.4, 0.5) is 19.3 Å². The molecule has 2 aliphatic heterocycles. The van der Waals surface area contributed by atoms with E-state index in [4.69, 9.17) is 16.3 Å². The molecule has 2 aliphatic rings. The number of hydrogen-bond acceptors (Lipinski definition) is 4. The number of esters is 1. The van der Waals surface area contributed by atoms with Crippen LogP contribution in [0.15, 0.2) is 53.7 Å². The van der Waals surface area contributed by atoms with E-state index in [0.29, 0.717) is 10.6 Å². The molecule has 2 heterocycles. The third-order valence-electron chi connectivity index (χ3n) is 4.72. The van der Waals surface area contributed by atoms with Gasteiger partial charge in [-0.2, -0.15) is 0 Å². The molecule has 30 heavy (non-hydrogen) atoms. The van der Waals surface area contributed by atoms with Gasteiger partial charge in [0.05, 0.1) is 17.3 Å². The molecule has 0 bridgehead atoms. The molecule has 0 fully saturated rings. The van der Waals surface area contributed by atoms with Gasteiger partial charge in [0.25, 0.3) is 0 Å². The van der Waals surface area contributed by atoms with E-state index in [1.807, 2.05) is 0 Å². The summed E-state index contributed by atoms with van der Waals surface area (Å²) in [4.78, 5) is 38.5. The number of halogens is 3. The van der Waals surface area contributed by atoms with Gasteiger partial charge in [-0.05, 0) is 23.8 Å². The lowest BCUT2D eigenvalue weighted by Crippen LogP contribution is -2.49. The molecule has 0 spiro atoms. The van der Waals surface area contributed by atoms with Crippen LogP contribution >= 0.6 is 11.6 Å². The van der Waals surface area contributed by atoms with Crippen LogP contribution in [0.3, 0.4) is 0 Å². The van der Waals surface area contributed by atoms with Gasteiger partial charge in [-0.25, -0.2) is 18.4 Å². The van der Waals surface area contributed by atoms with E-state index in [2.05, 4.69) is 10.6 Å². The number of nitrogens with one attached hydrogen (secondary N) is 2. The molecule has 3 amide bonds. The van der Waals surface area contributed by atoms with E-state index >= 15 is 0 Å². The van der Waals surface area contributed by atoms with Gasteiger partial charge in [0.2, 0.25) is 5.91 Å². The van der Waals surface area contributed by atoms with E-state index in [0.717, 1.165) is 17.0 Å². The molecule has 1 atom stereocenters. The first-order valence-electron chi connectivity index (χ1n) is 8.82. The molecule has 2 aromatic carbocycles. The minimum Gasteiger partial charge on any atom is -0.456 e. The van der Waals surface area contributed by atoms with Crippen LogP contribution in [0.2, 0.25) is 5.02 Å². The van der Waals surface area contributed by atoms with Crippen molar-refractivity contribution in [2.75, 3.05) is 18.5 Å². The molecule has 0 saturated carbocycles. The van der Waals surface area contributed by atoms with Gasteiger partial charge in [-0.1, -0.05) is 29.8 Å². The Labute approximate surface area is 174 Å². The lowest BCUT2D eigenvalue weighted by Gasteiger charge is -2.32. The highest BCUT2D eigenvalue weighted by Gasteiger charge is 2.43. The zero-order valence-electron chi connectivity index (χ0n) is 15.2. The number of hydrogen-bond donors (Lipinski definition) is 2. The predicted octanol–water partition coefficient (Wildman–Crippen LogP) is 3.13. The Morgan fingerprint density at radius 3 is 2.70 bits per heavy atom. The normalized spacial score (nSPS) is 18.1. The highest BCUT2D eigenvalue weighted by molar-refractivity contribution is 6.31. The quantitative estimate of drug-likeness (QED) is 0.725. The summed E-state index contributed by atoms with van der Waals surface area (Å²) in [6, 6.07) is 8.18. The SMILES string of the molecule is O=C(CN1C(=O)NC(c2ccccc2Cl)C2=C1COC2=O)Nc1ccc(F)c(F)c1. The minimum absolute atomic E-state index is 0.0261. The molecule has 154 valence electrons. The summed E-state index contributed by atoms with van der Waals surface area (Å²) in [6.45, 7) is -0.642. The number of carbonyl (C=O) groups is 3. The number of urea groups is 1. The number of benzene rings is 2. The molecule has 2 aromatic rings. The first-order valence-corrected chi connectivity index (χ1v) is 9.20. The van der Waals surface area contributed by atoms with Crippen LogP contribution in [0.1, 0.15) is 11.6 Å². The van der Waals surface area contributed by atoms with Gasteiger partial charge in [0, 0.05) is 16.8 Å². The average molecular weight is 434 g/mol. The van der Waals surface area contributed by atoms with Crippen LogP contribution in [0.5, 0.6) is 0 Å². The fraction of sp³-hybridized carbons (Fsp3) is 0.150. The van der Waals surface area contributed by atoms with Crippen molar-refractivity contribution < 1.29 is 27.9 Å². The molecule has 10 heteroatoms. The van der Waals surface area contributed by atoms with Crippen LogP contribution < -0.4 is 10.6 Å². The third kappa shape index (κ3) is 3.59.